The van der Waals surface area contributed by atoms with Crippen LogP contribution in [-0.4, -0.2) is 44.1 Å². The van der Waals surface area contributed by atoms with Gasteiger partial charge in [-0.05, 0) is 42.3 Å². The van der Waals surface area contributed by atoms with Crippen LogP contribution in [0.2, 0.25) is 0 Å². The number of carbonyl (C=O) groups excluding carboxylic acids is 1. The Balaban J connectivity index is 1.54. The highest BCUT2D eigenvalue weighted by atomic mass is 16.5. The zero-order chi connectivity index (χ0) is 20.2. The zero-order valence-corrected chi connectivity index (χ0v) is 16.4. The van der Waals surface area contributed by atoms with Crippen LogP contribution in [-0.2, 0) is 17.9 Å². The molecular formula is C21H22N6O2. The highest BCUT2D eigenvalue weighted by Crippen LogP contribution is 2.30. The Kier molecular flexibility index (Phi) is 5.24. The minimum absolute atomic E-state index is 0.113. The number of fused-ring (bicyclic) bond motifs is 1. The van der Waals surface area contributed by atoms with E-state index < -0.39 is 0 Å². The molecule has 0 radical (unpaired) electrons. The van der Waals surface area contributed by atoms with Crippen molar-refractivity contribution in [2.75, 3.05) is 13.7 Å². The Labute approximate surface area is 168 Å². The molecule has 8 heteroatoms. The maximum Gasteiger partial charge on any atom is 0.241 e. The molecule has 4 rings (SSSR count). The molecule has 29 heavy (non-hydrogen) atoms. The summed E-state index contributed by atoms with van der Waals surface area (Å²) in [4.78, 5) is 16.9. The van der Waals surface area contributed by atoms with Crippen LogP contribution in [0.3, 0.4) is 0 Å². The van der Waals surface area contributed by atoms with Gasteiger partial charge in [0.25, 0.3) is 0 Å². The largest absolute Gasteiger partial charge is 0.497 e. The lowest BCUT2D eigenvalue weighted by Gasteiger charge is -2.07. The average Bonchev–Trinajstić information content (AvgIpc) is 3.36. The topological polar surface area (TPSA) is 86.9 Å². The SMILES string of the molecule is COc1ccc(-c2ccnc3c2c(C)nn3CC(=O)NCCn2cccn2)cc1. The van der Waals surface area contributed by atoms with E-state index in [-0.39, 0.29) is 12.5 Å². The fourth-order valence-electron chi connectivity index (χ4n) is 3.34. The molecule has 8 nitrogen and oxygen atoms in total. The van der Waals surface area contributed by atoms with Gasteiger partial charge in [0, 0.05) is 30.5 Å². The number of pyridine rings is 1. The summed E-state index contributed by atoms with van der Waals surface area (Å²) in [7, 11) is 1.65. The second-order valence-corrected chi connectivity index (χ2v) is 6.65. The maximum absolute atomic E-state index is 12.4. The molecule has 0 saturated carbocycles. The molecule has 148 valence electrons. The van der Waals surface area contributed by atoms with Crippen LogP contribution in [0.1, 0.15) is 5.69 Å². The molecule has 4 aromatic rings. The summed E-state index contributed by atoms with van der Waals surface area (Å²) in [5.74, 6) is 0.691. The van der Waals surface area contributed by atoms with Crippen molar-refractivity contribution in [1.82, 2.24) is 29.9 Å². The number of ether oxygens (including phenoxy) is 1. The van der Waals surface area contributed by atoms with E-state index in [1.54, 1.807) is 28.9 Å². The lowest BCUT2D eigenvalue weighted by molar-refractivity contribution is -0.121. The molecule has 0 atom stereocenters. The Hall–Kier alpha value is -3.68. The van der Waals surface area contributed by atoms with Gasteiger partial charge in [-0.2, -0.15) is 10.2 Å². The number of amides is 1. The first kappa shape index (κ1) is 18.7. The summed E-state index contributed by atoms with van der Waals surface area (Å²) in [6, 6.07) is 11.7. The zero-order valence-electron chi connectivity index (χ0n) is 16.4. The predicted octanol–water partition coefficient (Wildman–Crippen LogP) is 2.43. The summed E-state index contributed by atoms with van der Waals surface area (Å²) < 4.78 is 8.67. The number of nitrogens with one attached hydrogen (secondary N) is 1. The standard InChI is InChI=1S/C21H22N6O2/c1-15-20-18(16-4-6-17(29-2)7-5-16)8-10-23-21(20)27(25-15)14-19(28)22-11-13-26-12-3-9-24-26/h3-10,12H,11,13-14H2,1-2H3,(H,22,28). The quantitative estimate of drug-likeness (QED) is 0.524. The third kappa shape index (κ3) is 3.96. The number of rotatable bonds is 7. The third-order valence-electron chi connectivity index (χ3n) is 4.72. The van der Waals surface area contributed by atoms with Gasteiger partial charge in [0.15, 0.2) is 5.65 Å². The van der Waals surface area contributed by atoms with Crippen molar-refractivity contribution in [3.63, 3.8) is 0 Å². The first-order chi connectivity index (χ1) is 14.2. The van der Waals surface area contributed by atoms with Crippen molar-refractivity contribution < 1.29 is 9.53 Å². The highest BCUT2D eigenvalue weighted by Gasteiger charge is 2.16. The van der Waals surface area contributed by atoms with Crippen LogP contribution < -0.4 is 10.1 Å². The molecule has 1 amide bonds. The van der Waals surface area contributed by atoms with Gasteiger partial charge in [0.2, 0.25) is 5.91 Å². The van der Waals surface area contributed by atoms with Crippen molar-refractivity contribution in [1.29, 1.82) is 0 Å². The van der Waals surface area contributed by atoms with Crippen molar-refractivity contribution in [2.45, 2.75) is 20.0 Å². The number of carbonyl (C=O) groups is 1. The molecule has 0 saturated heterocycles. The number of benzene rings is 1. The van der Waals surface area contributed by atoms with Crippen LogP contribution in [0, 0.1) is 6.92 Å². The monoisotopic (exact) mass is 390 g/mol. The smallest absolute Gasteiger partial charge is 0.241 e. The first-order valence-electron chi connectivity index (χ1n) is 9.36. The Morgan fingerprint density at radius 3 is 2.72 bits per heavy atom. The first-order valence-corrected chi connectivity index (χ1v) is 9.36. The molecule has 0 aliphatic heterocycles. The molecule has 3 aromatic heterocycles. The fourth-order valence-corrected chi connectivity index (χ4v) is 3.34. The van der Waals surface area contributed by atoms with E-state index in [1.165, 1.54) is 0 Å². The molecule has 0 spiro atoms. The number of aromatic nitrogens is 5. The molecule has 0 unspecified atom stereocenters. The summed E-state index contributed by atoms with van der Waals surface area (Å²) >= 11 is 0. The van der Waals surface area contributed by atoms with Gasteiger partial charge in [-0.15, -0.1) is 0 Å². The number of aryl methyl sites for hydroxylation is 1. The van der Waals surface area contributed by atoms with E-state index in [4.69, 9.17) is 4.74 Å². The van der Waals surface area contributed by atoms with Crippen LogP contribution in [0.4, 0.5) is 0 Å². The highest BCUT2D eigenvalue weighted by molar-refractivity contribution is 5.95. The van der Waals surface area contributed by atoms with Gasteiger partial charge in [0.05, 0.1) is 19.3 Å². The molecular weight excluding hydrogens is 368 g/mol. The number of methoxy groups -OCH3 is 1. The minimum Gasteiger partial charge on any atom is -0.497 e. The minimum atomic E-state index is -0.113. The Bertz CT molecular complexity index is 1120. The lowest BCUT2D eigenvalue weighted by atomic mass is 10.0. The van der Waals surface area contributed by atoms with Crippen LogP contribution in [0.15, 0.2) is 55.0 Å². The molecule has 0 fully saturated rings. The van der Waals surface area contributed by atoms with Crippen LogP contribution in [0.25, 0.3) is 22.2 Å². The number of nitrogens with zero attached hydrogens (tertiary/aromatic N) is 5. The van der Waals surface area contributed by atoms with E-state index in [2.05, 4.69) is 20.5 Å². The second-order valence-electron chi connectivity index (χ2n) is 6.65. The van der Waals surface area contributed by atoms with Gasteiger partial charge in [0.1, 0.15) is 12.3 Å². The van der Waals surface area contributed by atoms with E-state index in [1.807, 2.05) is 49.5 Å². The summed E-state index contributed by atoms with van der Waals surface area (Å²) in [6.07, 6.45) is 5.32. The number of hydrogen-bond acceptors (Lipinski definition) is 5. The van der Waals surface area contributed by atoms with Crippen LogP contribution >= 0.6 is 0 Å². The Morgan fingerprint density at radius 1 is 1.17 bits per heavy atom. The third-order valence-corrected chi connectivity index (χ3v) is 4.72. The molecule has 3 heterocycles. The fraction of sp³-hybridized carbons (Fsp3) is 0.238. The lowest BCUT2D eigenvalue weighted by Crippen LogP contribution is -2.31. The summed E-state index contributed by atoms with van der Waals surface area (Å²) in [5.41, 5.74) is 3.60. The molecule has 0 aliphatic carbocycles. The summed E-state index contributed by atoms with van der Waals surface area (Å²) in [6.45, 7) is 3.17. The molecule has 1 N–H and O–H groups in total. The maximum atomic E-state index is 12.4. The average molecular weight is 390 g/mol. The summed E-state index contributed by atoms with van der Waals surface area (Å²) in [5, 5.41) is 12.5. The van der Waals surface area contributed by atoms with Gasteiger partial charge in [-0.1, -0.05) is 12.1 Å². The van der Waals surface area contributed by atoms with Gasteiger partial charge >= 0.3 is 0 Å². The van der Waals surface area contributed by atoms with Gasteiger partial charge < -0.3 is 10.1 Å². The van der Waals surface area contributed by atoms with Gasteiger partial charge in [-0.3, -0.25) is 9.48 Å². The van der Waals surface area contributed by atoms with Crippen molar-refractivity contribution in [2.24, 2.45) is 0 Å². The van der Waals surface area contributed by atoms with E-state index in [0.29, 0.717) is 18.7 Å². The van der Waals surface area contributed by atoms with Crippen molar-refractivity contribution >= 4 is 16.9 Å². The van der Waals surface area contributed by atoms with Crippen molar-refractivity contribution in [3.8, 4) is 16.9 Å². The molecule has 1 aromatic carbocycles. The van der Waals surface area contributed by atoms with E-state index >= 15 is 0 Å². The van der Waals surface area contributed by atoms with E-state index in [0.717, 1.165) is 28.0 Å². The molecule has 0 aliphatic rings. The molecule has 0 bridgehead atoms. The second kappa shape index (κ2) is 8.14. The van der Waals surface area contributed by atoms with E-state index in [9.17, 15) is 4.79 Å². The van der Waals surface area contributed by atoms with Crippen molar-refractivity contribution in [3.05, 3.63) is 60.7 Å². The Morgan fingerprint density at radius 2 is 2.00 bits per heavy atom. The normalized spacial score (nSPS) is 11.0. The van der Waals surface area contributed by atoms with Crippen LogP contribution in [0.5, 0.6) is 5.75 Å². The number of hydrogen-bond donors (Lipinski definition) is 1. The van der Waals surface area contributed by atoms with Gasteiger partial charge in [-0.25, -0.2) is 9.67 Å². The predicted molar refractivity (Wildman–Crippen MR) is 109 cm³/mol.